The van der Waals surface area contributed by atoms with E-state index in [4.69, 9.17) is 14.6 Å². The Hall–Kier alpha value is -2.24. The van der Waals surface area contributed by atoms with Crippen LogP contribution in [0.4, 0.5) is 0 Å². The van der Waals surface area contributed by atoms with E-state index >= 15 is 0 Å². The fourth-order valence-corrected chi connectivity index (χ4v) is 1.29. The summed E-state index contributed by atoms with van der Waals surface area (Å²) in [5.41, 5.74) is 0. The van der Waals surface area contributed by atoms with E-state index in [9.17, 15) is 9.59 Å². The topological polar surface area (TPSA) is 84.9 Å². The highest BCUT2D eigenvalue weighted by Crippen LogP contribution is 2.17. The van der Waals surface area contributed by atoms with E-state index in [1.165, 1.54) is 6.92 Å². The Morgan fingerprint density at radius 3 is 2.21 bits per heavy atom. The molecule has 0 fully saturated rings. The van der Waals surface area contributed by atoms with Gasteiger partial charge in [0.05, 0.1) is 6.61 Å². The Morgan fingerprint density at radius 2 is 1.74 bits per heavy atom. The fourth-order valence-electron chi connectivity index (χ4n) is 1.29. The lowest BCUT2D eigenvalue weighted by atomic mass is 10.3. The van der Waals surface area contributed by atoms with Crippen LogP contribution in [0.25, 0.3) is 0 Å². The Bertz CT molecular complexity index is 429. The van der Waals surface area contributed by atoms with Gasteiger partial charge in [-0.15, -0.1) is 0 Å². The van der Waals surface area contributed by atoms with Crippen LogP contribution in [0.2, 0.25) is 0 Å². The van der Waals surface area contributed by atoms with Crippen molar-refractivity contribution < 1.29 is 24.2 Å². The average Bonchev–Trinajstić information content (AvgIpc) is 2.38. The molecule has 0 aliphatic heterocycles. The largest absolute Gasteiger partial charge is 0.494 e. The van der Waals surface area contributed by atoms with Crippen molar-refractivity contribution in [2.45, 2.75) is 19.9 Å². The molecule has 0 aliphatic carbocycles. The van der Waals surface area contributed by atoms with Crippen molar-refractivity contribution in [3.8, 4) is 11.5 Å². The molecule has 0 spiro atoms. The minimum absolute atomic E-state index is 0.231. The van der Waals surface area contributed by atoms with Crippen LogP contribution in [0.3, 0.4) is 0 Å². The van der Waals surface area contributed by atoms with Crippen molar-refractivity contribution in [3.05, 3.63) is 24.3 Å². The van der Waals surface area contributed by atoms with Gasteiger partial charge in [0.1, 0.15) is 17.5 Å². The van der Waals surface area contributed by atoms with Crippen LogP contribution in [0.1, 0.15) is 13.8 Å². The number of nitrogens with one attached hydrogen (secondary N) is 1. The number of carboxylic acids is 1. The van der Waals surface area contributed by atoms with Crippen molar-refractivity contribution in [1.29, 1.82) is 0 Å². The van der Waals surface area contributed by atoms with Crippen LogP contribution in [-0.2, 0) is 9.59 Å². The molecule has 0 saturated heterocycles. The quantitative estimate of drug-likeness (QED) is 0.771. The van der Waals surface area contributed by atoms with Crippen LogP contribution in [0.15, 0.2) is 24.3 Å². The van der Waals surface area contributed by atoms with Gasteiger partial charge in [-0.2, -0.15) is 0 Å². The number of rotatable bonds is 7. The molecule has 0 heterocycles. The Morgan fingerprint density at radius 1 is 1.21 bits per heavy atom. The molecule has 6 heteroatoms. The first kappa shape index (κ1) is 14.8. The van der Waals surface area contributed by atoms with E-state index in [1.807, 2.05) is 6.92 Å². The second kappa shape index (κ2) is 7.25. The van der Waals surface area contributed by atoms with Crippen LogP contribution in [0, 0.1) is 0 Å². The molecule has 6 nitrogen and oxygen atoms in total. The maximum absolute atomic E-state index is 11.4. The summed E-state index contributed by atoms with van der Waals surface area (Å²) in [5, 5.41) is 10.9. The molecule has 104 valence electrons. The maximum atomic E-state index is 11.4. The van der Waals surface area contributed by atoms with Gasteiger partial charge >= 0.3 is 5.97 Å². The first-order valence-electron chi connectivity index (χ1n) is 5.90. The van der Waals surface area contributed by atoms with E-state index in [-0.39, 0.29) is 6.61 Å². The summed E-state index contributed by atoms with van der Waals surface area (Å²) < 4.78 is 10.5. The third-order valence-electron chi connectivity index (χ3n) is 2.25. The molecule has 2 N–H and O–H groups in total. The third-order valence-corrected chi connectivity index (χ3v) is 2.25. The molecular formula is C13H17NO5. The number of amides is 1. The van der Waals surface area contributed by atoms with E-state index in [0.29, 0.717) is 12.4 Å². The summed E-state index contributed by atoms with van der Waals surface area (Å²) in [6, 6.07) is 5.89. The Kier molecular flexibility index (Phi) is 5.66. The third kappa shape index (κ3) is 5.29. The number of carboxylic acid groups (broad SMARTS) is 1. The number of hydrogen-bond acceptors (Lipinski definition) is 4. The predicted octanol–water partition coefficient (Wildman–Crippen LogP) is 1.05. The second-order valence-corrected chi connectivity index (χ2v) is 3.82. The van der Waals surface area contributed by atoms with E-state index in [1.54, 1.807) is 24.3 Å². The molecule has 0 unspecified atom stereocenters. The summed E-state index contributed by atoms with van der Waals surface area (Å²) in [7, 11) is 0. The van der Waals surface area contributed by atoms with Crippen molar-refractivity contribution >= 4 is 11.9 Å². The lowest BCUT2D eigenvalue weighted by molar-refractivity contribution is -0.141. The van der Waals surface area contributed by atoms with E-state index in [2.05, 4.69) is 5.32 Å². The SMILES string of the molecule is CCOc1ccc(OCC(=O)N[C@H](C)C(=O)O)cc1. The molecule has 1 amide bonds. The smallest absolute Gasteiger partial charge is 0.325 e. The lowest BCUT2D eigenvalue weighted by Gasteiger charge is -2.10. The first-order chi connectivity index (χ1) is 9.02. The monoisotopic (exact) mass is 267 g/mol. The molecule has 0 aliphatic rings. The van der Waals surface area contributed by atoms with Gasteiger partial charge in [0.25, 0.3) is 5.91 Å². The van der Waals surface area contributed by atoms with Crippen LogP contribution in [0.5, 0.6) is 11.5 Å². The predicted molar refractivity (Wildman–Crippen MR) is 68.3 cm³/mol. The molecule has 1 rings (SSSR count). The second-order valence-electron chi connectivity index (χ2n) is 3.82. The van der Waals surface area contributed by atoms with Gasteiger partial charge in [-0.1, -0.05) is 0 Å². The molecule has 0 aromatic heterocycles. The summed E-state index contributed by atoms with van der Waals surface area (Å²) in [4.78, 5) is 21.9. The standard InChI is InChI=1S/C13H17NO5/c1-3-18-10-4-6-11(7-5-10)19-8-12(15)14-9(2)13(16)17/h4-7,9H,3,8H2,1-2H3,(H,14,15)(H,16,17)/t9-/m1/s1. The highest BCUT2D eigenvalue weighted by atomic mass is 16.5. The van der Waals surface area contributed by atoms with Gasteiger partial charge in [0, 0.05) is 0 Å². The highest BCUT2D eigenvalue weighted by molar-refractivity contribution is 5.84. The van der Waals surface area contributed by atoms with Crippen LogP contribution >= 0.6 is 0 Å². The van der Waals surface area contributed by atoms with Gasteiger partial charge in [-0.25, -0.2) is 0 Å². The minimum Gasteiger partial charge on any atom is -0.494 e. The zero-order chi connectivity index (χ0) is 14.3. The Balaban J connectivity index is 2.39. The van der Waals surface area contributed by atoms with Crippen molar-refractivity contribution in [3.63, 3.8) is 0 Å². The van der Waals surface area contributed by atoms with Crippen LogP contribution in [-0.4, -0.2) is 36.2 Å². The maximum Gasteiger partial charge on any atom is 0.325 e. The Labute approximate surface area is 111 Å². The number of carbonyl (C=O) groups is 2. The molecule has 0 saturated carbocycles. The van der Waals surface area contributed by atoms with Crippen LogP contribution < -0.4 is 14.8 Å². The summed E-state index contributed by atoms with van der Waals surface area (Å²) in [6.07, 6.45) is 0. The fraction of sp³-hybridized carbons (Fsp3) is 0.385. The van der Waals surface area contributed by atoms with Gasteiger partial charge < -0.3 is 19.9 Å². The number of aliphatic carboxylic acids is 1. The molecular weight excluding hydrogens is 250 g/mol. The molecule has 19 heavy (non-hydrogen) atoms. The molecule has 1 atom stereocenters. The molecule has 0 bridgehead atoms. The molecule has 1 aromatic rings. The van der Waals surface area contributed by atoms with Crippen molar-refractivity contribution in [2.75, 3.05) is 13.2 Å². The van der Waals surface area contributed by atoms with E-state index < -0.39 is 17.9 Å². The number of ether oxygens (including phenoxy) is 2. The number of benzene rings is 1. The highest BCUT2D eigenvalue weighted by Gasteiger charge is 2.13. The minimum atomic E-state index is -1.09. The van der Waals surface area contributed by atoms with Crippen molar-refractivity contribution in [1.82, 2.24) is 5.32 Å². The zero-order valence-corrected chi connectivity index (χ0v) is 10.9. The summed E-state index contributed by atoms with van der Waals surface area (Å²) in [6.45, 7) is 3.62. The number of carbonyl (C=O) groups excluding carboxylic acids is 1. The van der Waals surface area contributed by atoms with Gasteiger partial charge in [-0.05, 0) is 38.1 Å². The molecule has 0 radical (unpaired) electrons. The van der Waals surface area contributed by atoms with Crippen molar-refractivity contribution in [2.24, 2.45) is 0 Å². The van der Waals surface area contributed by atoms with Gasteiger partial charge in [0.2, 0.25) is 0 Å². The zero-order valence-electron chi connectivity index (χ0n) is 10.9. The molecule has 1 aromatic carbocycles. The summed E-state index contributed by atoms with van der Waals surface area (Å²) >= 11 is 0. The van der Waals surface area contributed by atoms with Gasteiger partial charge in [0.15, 0.2) is 6.61 Å². The average molecular weight is 267 g/mol. The normalized spacial score (nSPS) is 11.5. The number of hydrogen-bond donors (Lipinski definition) is 2. The van der Waals surface area contributed by atoms with Gasteiger partial charge in [-0.3, -0.25) is 9.59 Å². The van der Waals surface area contributed by atoms with E-state index in [0.717, 1.165) is 5.75 Å². The summed E-state index contributed by atoms with van der Waals surface area (Å²) in [5.74, 6) is -0.335. The first-order valence-corrected chi connectivity index (χ1v) is 5.90. The lowest BCUT2D eigenvalue weighted by Crippen LogP contribution is -2.40.